The number of benzene rings is 1. The highest BCUT2D eigenvalue weighted by Crippen LogP contribution is 2.14. The average molecular weight is 239 g/mol. The second-order valence-corrected chi connectivity index (χ2v) is 5.04. The zero-order valence-electron chi connectivity index (χ0n) is 9.56. The van der Waals surface area contributed by atoms with Gasteiger partial charge in [0.05, 0.1) is 11.9 Å². The van der Waals surface area contributed by atoms with Crippen molar-refractivity contribution in [3.63, 3.8) is 0 Å². The van der Waals surface area contributed by atoms with Crippen LogP contribution < -0.4 is 5.32 Å². The summed E-state index contributed by atoms with van der Waals surface area (Å²) >= 11 is 1.44. The molecule has 0 fully saturated rings. The highest BCUT2D eigenvalue weighted by atomic mass is 32.2. The average Bonchev–Trinajstić information content (AvgIpc) is 2.29. The molecule has 0 aliphatic heterocycles. The topological polar surface area (TPSA) is 49.3 Å². The molecule has 0 aliphatic rings. The van der Waals surface area contributed by atoms with E-state index in [0.29, 0.717) is 5.75 Å². The van der Waals surface area contributed by atoms with Crippen molar-refractivity contribution in [1.29, 1.82) is 0 Å². The first-order valence-corrected chi connectivity index (χ1v) is 6.28. The molecule has 0 saturated heterocycles. The Balaban J connectivity index is 2.47. The fraction of sp³-hybridized carbons (Fsp3) is 0.417. The van der Waals surface area contributed by atoms with Crippen molar-refractivity contribution in [2.45, 2.75) is 19.1 Å². The van der Waals surface area contributed by atoms with Gasteiger partial charge in [0.1, 0.15) is 0 Å². The summed E-state index contributed by atoms with van der Waals surface area (Å²) in [6.45, 7) is 3.95. The summed E-state index contributed by atoms with van der Waals surface area (Å²) in [7, 11) is 0. The highest BCUT2D eigenvalue weighted by molar-refractivity contribution is 8.00. The molecule has 0 unspecified atom stereocenters. The Bertz CT molecular complexity index is 337. The van der Waals surface area contributed by atoms with Gasteiger partial charge in [0, 0.05) is 11.4 Å². The van der Waals surface area contributed by atoms with Gasteiger partial charge in [-0.2, -0.15) is 0 Å². The molecule has 0 heterocycles. The molecule has 1 rings (SSSR count). The van der Waals surface area contributed by atoms with Crippen LogP contribution in [0.1, 0.15) is 12.5 Å². The van der Waals surface area contributed by atoms with Crippen molar-refractivity contribution in [3.05, 3.63) is 29.8 Å². The predicted molar refractivity (Wildman–Crippen MR) is 68.8 cm³/mol. The Hall–Kier alpha value is -1.00. The standard InChI is InChI=1S/C12H17NO2S/c1-9-3-5-11(6-4-9)13-12(15)10(2)16-8-7-14/h3-6,10,14H,7-8H2,1-2H3,(H,13,15)/t10-/m1/s1. The van der Waals surface area contributed by atoms with Crippen molar-refractivity contribution in [3.8, 4) is 0 Å². The molecule has 3 nitrogen and oxygen atoms in total. The number of rotatable bonds is 5. The number of aliphatic hydroxyl groups excluding tert-OH is 1. The Morgan fingerprint density at radius 3 is 2.62 bits per heavy atom. The quantitative estimate of drug-likeness (QED) is 0.826. The summed E-state index contributed by atoms with van der Waals surface area (Å²) in [5, 5.41) is 11.4. The minimum Gasteiger partial charge on any atom is -0.396 e. The smallest absolute Gasteiger partial charge is 0.237 e. The van der Waals surface area contributed by atoms with Crippen LogP contribution >= 0.6 is 11.8 Å². The van der Waals surface area contributed by atoms with E-state index in [1.54, 1.807) is 0 Å². The first-order valence-electron chi connectivity index (χ1n) is 5.23. The number of aliphatic hydroxyl groups is 1. The minimum atomic E-state index is -0.145. The third kappa shape index (κ3) is 4.24. The summed E-state index contributed by atoms with van der Waals surface area (Å²) in [4.78, 5) is 11.7. The third-order valence-corrected chi connectivity index (χ3v) is 3.28. The molecule has 88 valence electrons. The van der Waals surface area contributed by atoms with Crippen LogP contribution in [0.15, 0.2) is 24.3 Å². The van der Waals surface area contributed by atoms with E-state index in [4.69, 9.17) is 5.11 Å². The maximum atomic E-state index is 11.7. The maximum absolute atomic E-state index is 11.7. The molecule has 1 amide bonds. The second-order valence-electron chi connectivity index (χ2n) is 3.59. The SMILES string of the molecule is Cc1ccc(NC(=O)[C@@H](C)SCCO)cc1. The van der Waals surface area contributed by atoms with Crippen molar-refractivity contribution >= 4 is 23.4 Å². The van der Waals surface area contributed by atoms with Gasteiger partial charge in [-0.15, -0.1) is 11.8 Å². The van der Waals surface area contributed by atoms with Crippen LogP contribution in [0.3, 0.4) is 0 Å². The molecule has 1 aromatic carbocycles. The van der Waals surface area contributed by atoms with Gasteiger partial charge in [0.25, 0.3) is 0 Å². The summed E-state index contributed by atoms with van der Waals surface area (Å²) < 4.78 is 0. The van der Waals surface area contributed by atoms with E-state index in [-0.39, 0.29) is 17.8 Å². The van der Waals surface area contributed by atoms with E-state index in [1.165, 1.54) is 17.3 Å². The van der Waals surface area contributed by atoms with Crippen LogP contribution in [0.4, 0.5) is 5.69 Å². The number of anilines is 1. The Kier molecular flexibility index (Phi) is 5.35. The van der Waals surface area contributed by atoms with E-state index < -0.39 is 0 Å². The number of nitrogens with one attached hydrogen (secondary N) is 1. The molecule has 1 aromatic rings. The molecule has 0 saturated carbocycles. The van der Waals surface area contributed by atoms with Crippen molar-refractivity contribution < 1.29 is 9.90 Å². The Morgan fingerprint density at radius 1 is 1.44 bits per heavy atom. The number of aryl methyl sites for hydroxylation is 1. The van der Waals surface area contributed by atoms with E-state index in [2.05, 4.69) is 5.32 Å². The van der Waals surface area contributed by atoms with E-state index >= 15 is 0 Å². The molecule has 2 N–H and O–H groups in total. The Labute approximate surface area is 100 Å². The zero-order chi connectivity index (χ0) is 12.0. The molecular formula is C12H17NO2S. The monoisotopic (exact) mass is 239 g/mol. The first-order chi connectivity index (χ1) is 7.63. The van der Waals surface area contributed by atoms with Gasteiger partial charge in [-0.1, -0.05) is 17.7 Å². The van der Waals surface area contributed by atoms with Gasteiger partial charge in [0.15, 0.2) is 0 Å². The molecule has 0 aliphatic carbocycles. The van der Waals surface area contributed by atoms with Crippen LogP contribution in [0.25, 0.3) is 0 Å². The largest absolute Gasteiger partial charge is 0.396 e. The van der Waals surface area contributed by atoms with Crippen molar-refractivity contribution in [2.75, 3.05) is 17.7 Å². The van der Waals surface area contributed by atoms with Crippen LogP contribution in [-0.2, 0) is 4.79 Å². The summed E-state index contributed by atoms with van der Waals surface area (Å²) in [5.74, 6) is 0.560. The van der Waals surface area contributed by atoms with Gasteiger partial charge >= 0.3 is 0 Å². The molecule has 0 bridgehead atoms. The molecule has 1 atom stereocenters. The molecule has 16 heavy (non-hydrogen) atoms. The first kappa shape index (κ1) is 13.1. The summed E-state index contributed by atoms with van der Waals surface area (Å²) in [5.41, 5.74) is 1.98. The lowest BCUT2D eigenvalue weighted by atomic mass is 10.2. The van der Waals surface area contributed by atoms with Gasteiger partial charge in [-0.05, 0) is 26.0 Å². The third-order valence-electron chi connectivity index (χ3n) is 2.15. The Morgan fingerprint density at radius 2 is 2.06 bits per heavy atom. The fourth-order valence-corrected chi connectivity index (χ4v) is 1.86. The van der Waals surface area contributed by atoms with Gasteiger partial charge < -0.3 is 10.4 Å². The second kappa shape index (κ2) is 6.55. The van der Waals surface area contributed by atoms with Crippen LogP contribution in [-0.4, -0.2) is 28.6 Å². The molecular weight excluding hydrogens is 222 g/mol. The summed E-state index contributed by atoms with van der Waals surface area (Å²) in [6.07, 6.45) is 0. The number of hydrogen-bond donors (Lipinski definition) is 2. The van der Waals surface area contributed by atoms with Crippen molar-refractivity contribution in [1.82, 2.24) is 0 Å². The lowest BCUT2D eigenvalue weighted by Crippen LogP contribution is -2.23. The van der Waals surface area contributed by atoms with Crippen LogP contribution in [0.5, 0.6) is 0 Å². The number of carbonyl (C=O) groups is 1. The predicted octanol–water partition coefficient (Wildman–Crippen LogP) is 2.05. The molecule has 0 spiro atoms. The van der Waals surface area contributed by atoms with E-state index in [1.807, 2.05) is 38.1 Å². The number of amides is 1. The number of carbonyl (C=O) groups excluding carboxylic acids is 1. The van der Waals surface area contributed by atoms with Gasteiger partial charge in [0.2, 0.25) is 5.91 Å². The minimum absolute atomic E-state index is 0.0256. The van der Waals surface area contributed by atoms with Gasteiger partial charge in [-0.3, -0.25) is 4.79 Å². The fourth-order valence-electron chi connectivity index (χ4n) is 1.19. The number of thioether (sulfide) groups is 1. The summed E-state index contributed by atoms with van der Waals surface area (Å²) in [6, 6.07) is 7.69. The van der Waals surface area contributed by atoms with Crippen molar-refractivity contribution in [2.24, 2.45) is 0 Å². The maximum Gasteiger partial charge on any atom is 0.237 e. The van der Waals surface area contributed by atoms with Crippen LogP contribution in [0.2, 0.25) is 0 Å². The highest BCUT2D eigenvalue weighted by Gasteiger charge is 2.12. The van der Waals surface area contributed by atoms with Gasteiger partial charge in [-0.25, -0.2) is 0 Å². The molecule has 0 aromatic heterocycles. The van der Waals surface area contributed by atoms with E-state index in [9.17, 15) is 4.79 Å². The zero-order valence-corrected chi connectivity index (χ0v) is 10.4. The normalized spacial score (nSPS) is 12.2. The number of hydrogen-bond acceptors (Lipinski definition) is 3. The molecule has 4 heteroatoms. The van der Waals surface area contributed by atoms with E-state index in [0.717, 1.165) is 5.69 Å². The molecule has 0 radical (unpaired) electrons. The lowest BCUT2D eigenvalue weighted by Gasteiger charge is -2.11. The van der Waals surface area contributed by atoms with Crippen LogP contribution in [0, 0.1) is 6.92 Å². The lowest BCUT2D eigenvalue weighted by molar-refractivity contribution is -0.115.